The van der Waals surface area contributed by atoms with Crippen LogP contribution in [0.15, 0.2) is 23.2 Å². The molecule has 1 aromatic rings. The Hall–Kier alpha value is -2.84. The van der Waals surface area contributed by atoms with E-state index in [0.29, 0.717) is 18.8 Å². The van der Waals surface area contributed by atoms with Crippen molar-refractivity contribution in [2.75, 3.05) is 13.1 Å². The van der Waals surface area contributed by atoms with E-state index in [1.807, 2.05) is 0 Å². The SMILES string of the molecule is C[C@H](NC(=O)CN1C(=O)NC2=NCCCC2C1=O)c1ccc(F)cc1F. The molecule has 0 bridgehead atoms. The lowest BCUT2D eigenvalue weighted by Crippen LogP contribution is -2.60. The maximum Gasteiger partial charge on any atom is 0.329 e. The highest BCUT2D eigenvalue weighted by Crippen LogP contribution is 2.21. The normalized spacial score (nSPS) is 20.8. The number of fused-ring (bicyclic) bond motifs is 1. The van der Waals surface area contributed by atoms with E-state index in [2.05, 4.69) is 15.6 Å². The van der Waals surface area contributed by atoms with Gasteiger partial charge >= 0.3 is 6.03 Å². The van der Waals surface area contributed by atoms with Gasteiger partial charge in [0.25, 0.3) is 0 Å². The number of hydrogen-bond acceptors (Lipinski definition) is 4. The van der Waals surface area contributed by atoms with Gasteiger partial charge < -0.3 is 5.32 Å². The fourth-order valence-corrected chi connectivity index (χ4v) is 3.09. The summed E-state index contributed by atoms with van der Waals surface area (Å²) in [7, 11) is 0. The van der Waals surface area contributed by atoms with Crippen molar-refractivity contribution < 1.29 is 23.2 Å². The molecular weight excluding hydrogens is 346 g/mol. The molecule has 0 saturated carbocycles. The summed E-state index contributed by atoms with van der Waals surface area (Å²) in [6, 6.07) is 1.59. The van der Waals surface area contributed by atoms with Gasteiger partial charge in [0, 0.05) is 18.2 Å². The van der Waals surface area contributed by atoms with Crippen LogP contribution in [0.4, 0.5) is 13.6 Å². The lowest BCUT2D eigenvalue weighted by Gasteiger charge is -2.33. The monoisotopic (exact) mass is 364 g/mol. The molecule has 1 fully saturated rings. The first-order valence-electron chi connectivity index (χ1n) is 8.28. The molecule has 4 amide bonds. The van der Waals surface area contributed by atoms with Crippen LogP contribution in [-0.4, -0.2) is 41.7 Å². The number of carbonyl (C=O) groups excluding carboxylic acids is 3. The summed E-state index contributed by atoms with van der Waals surface area (Å²) < 4.78 is 26.8. The summed E-state index contributed by atoms with van der Waals surface area (Å²) >= 11 is 0. The summed E-state index contributed by atoms with van der Waals surface area (Å²) in [5.41, 5.74) is 0.107. The van der Waals surface area contributed by atoms with Gasteiger partial charge in [0.1, 0.15) is 24.0 Å². The second-order valence-electron chi connectivity index (χ2n) is 6.27. The van der Waals surface area contributed by atoms with Crippen molar-refractivity contribution in [2.45, 2.75) is 25.8 Å². The Bertz CT molecular complexity index is 796. The Labute approximate surface area is 148 Å². The number of amides is 4. The number of carbonyl (C=O) groups is 3. The molecule has 1 saturated heterocycles. The number of amidine groups is 1. The average molecular weight is 364 g/mol. The highest BCUT2D eigenvalue weighted by atomic mass is 19.1. The largest absolute Gasteiger partial charge is 0.348 e. The van der Waals surface area contributed by atoms with Crippen LogP contribution in [0.1, 0.15) is 31.4 Å². The van der Waals surface area contributed by atoms with Crippen molar-refractivity contribution in [1.29, 1.82) is 0 Å². The molecule has 26 heavy (non-hydrogen) atoms. The minimum absolute atomic E-state index is 0.107. The average Bonchev–Trinajstić information content (AvgIpc) is 2.58. The molecule has 1 unspecified atom stereocenters. The molecule has 3 rings (SSSR count). The van der Waals surface area contributed by atoms with E-state index in [4.69, 9.17) is 0 Å². The van der Waals surface area contributed by atoms with Gasteiger partial charge in [-0.1, -0.05) is 6.07 Å². The first kappa shape index (κ1) is 18.0. The maximum atomic E-state index is 13.8. The van der Waals surface area contributed by atoms with Gasteiger partial charge in [-0.25, -0.2) is 13.6 Å². The molecule has 2 N–H and O–H groups in total. The predicted octanol–water partition coefficient (Wildman–Crippen LogP) is 1.50. The van der Waals surface area contributed by atoms with Gasteiger partial charge in [-0.15, -0.1) is 0 Å². The number of benzene rings is 1. The van der Waals surface area contributed by atoms with Crippen molar-refractivity contribution in [2.24, 2.45) is 10.9 Å². The van der Waals surface area contributed by atoms with Crippen LogP contribution in [0.25, 0.3) is 0 Å². The smallest absolute Gasteiger partial charge is 0.329 e. The highest BCUT2D eigenvalue weighted by molar-refractivity contribution is 6.19. The Kier molecular flexibility index (Phi) is 4.97. The van der Waals surface area contributed by atoms with Crippen molar-refractivity contribution in [3.63, 3.8) is 0 Å². The number of rotatable bonds is 4. The first-order chi connectivity index (χ1) is 12.4. The predicted molar refractivity (Wildman–Crippen MR) is 88.2 cm³/mol. The van der Waals surface area contributed by atoms with Gasteiger partial charge in [-0.05, 0) is 25.8 Å². The fraction of sp³-hybridized carbons (Fsp3) is 0.412. The zero-order valence-corrected chi connectivity index (χ0v) is 14.1. The van der Waals surface area contributed by atoms with E-state index >= 15 is 0 Å². The Balaban J connectivity index is 1.65. The van der Waals surface area contributed by atoms with Crippen LogP contribution in [0.3, 0.4) is 0 Å². The van der Waals surface area contributed by atoms with E-state index in [9.17, 15) is 23.2 Å². The third kappa shape index (κ3) is 3.56. The second kappa shape index (κ2) is 7.19. The standard InChI is InChI=1S/C17H18F2N4O3/c1-9(11-5-4-10(18)7-13(11)19)21-14(24)8-23-16(25)12-3-2-6-20-15(12)22-17(23)26/h4-5,7,9,12H,2-3,6,8H2,1H3,(H,21,24)(H,20,22,26)/t9-,12?/m0/s1. The van der Waals surface area contributed by atoms with Crippen molar-refractivity contribution in [3.05, 3.63) is 35.4 Å². The highest BCUT2D eigenvalue weighted by Gasteiger charge is 2.40. The molecule has 0 aromatic heterocycles. The number of hydrogen-bond donors (Lipinski definition) is 2. The molecule has 0 spiro atoms. The molecule has 9 heteroatoms. The lowest BCUT2D eigenvalue weighted by molar-refractivity contribution is -0.135. The first-order valence-corrected chi connectivity index (χ1v) is 8.28. The lowest BCUT2D eigenvalue weighted by atomic mass is 9.96. The van der Waals surface area contributed by atoms with E-state index in [1.165, 1.54) is 13.0 Å². The van der Waals surface area contributed by atoms with Crippen LogP contribution >= 0.6 is 0 Å². The summed E-state index contributed by atoms with van der Waals surface area (Å²) in [6.07, 6.45) is 1.30. The number of imide groups is 1. The topological polar surface area (TPSA) is 90.9 Å². The number of halogens is 2. The van der Waals surface area contributed by atoms with E-state index in [0.717, 1.165) is 23.5 Å². The Morgan fingerprint density at radius 2 is 2.19 bits per heavy atom. The third-order valence-corrected chi connectivity index (χ3v) is 4.42. The van der Waals surface area contributed by atoms with Crippen LogP contribution in [-0.2, 0) is 9.59 Å². The molecule has 2 heterocycles. The molecule has 2 aliphatic rings. The quantitative estimate of drug-likeness (QED) is 0.848. The van der Waals surface area contributed by atoms with Gasteiger partial charge in [0.05, 0.1) is 12.0 Å². The minimum Gasteiger partial charge on any atom is -0.348 e. The molecule has 1 aromatic carbocycles. The van der Waals surface area contributed by atoms with E-state index < -0.39 is 48.0 Å². The molecule has 138 valence electrons. The van der Waals surface area contributed by atoms with Gasteiger partial charge in [-0.2, -0.15) is 0 Å². The Morgan fingerprint density at radius 1 is 1.42 bits per heavy atom. The molecule has 0 radical (unpaired) electrons. The van der Waals surface area contributed by atoms with Crippen LogP contribution < -0.4 is 10.6 Å². The third-order valence-electron chi connectivity index (χ3n) is 4.42. The zero-order valence-electron chi connectivity index (χ0n) is 14.1. The minimum atomic E-state index is -0.785. The van der Waals surface area contributed by atoms with Crippen molar-refractivity contribution in [3.8, 4) is 0 Å². The number of nitrogens with zero attached hydrogens (tertiary/aromatic N) is 2. The molecular formula is C17H18F2N4O3. The molecule has 7 nitrogen and oxygen atoms in total. The van der Waals surface area contributed by atoms with Crippen LogP contribution in [0.2, 0.25) is 0 Å². The number of aliphatic imine (C=N–C) groups is 1. The number of urea groups is 1. The van der Waals surface area contributed by atoms with Crippen molar-refractivity contribution in [1.82, 2.24) is 15.5 Å². The summed E-state index contributed by atoms with van der Waals surface area (Å²) in [4.78, 5) is 41.7. The maximum absolute atomic E-state index is 13.8. The fourth-order valence-electron chi connectivity index (χ4n) is 3.09. The summed E-state index contributed by atoms with van der Waals surface area (Å²) in [6.45, 7) is 1.60. The summed E-state index contributed by atoms with van der Waals surface area (Å²) in [5, 5.41) is 5.05. The molecule has 2 atom stereocenters. The van der Waals surface area contributed by atoms with Crippen molar-refractivity contribution >= 4 is 23.7 Å². The Morgan fingerprint density at radius 3 is 2.92 bits per heavy atom. The van der Waals surface area contributed by atoms with E-state index in [-0.39, 0.29) is 5.56 Å². The zero-order chi connectivity index (χ0) is 18.8. The van der Waals surface area contributed by atoms with E-state index in [1.54, 1.807) is 0 Å². The molecule has 2 aliphatic heterocycles. The van der Waals surface area contributed by atoms with Gasteiger partial charge in [-0.3, -0.25) is 24.8 Å². The van der Waals surface area contributed by atoms with Gasteiger partial charge in [0.2, 0.25) is 11.8 Å². The molecule has 0 aliphatic carbocycles. The van der Waals surface area contributed by atoms with Crippen LogP contribution in [0.5, 0.6) is 0 Å². The van der Waals surface area contributed by atoms with Gasteiger partial charge in [0.15, 0.2) is 0 Å². The van der Waals surface area contributed by atoms with Crippen LogP contribution in [0, 0.1) is 17.6 Å². The summed E-state index contributed by atoms with van der Waals surface area (Å²) in [5.74, 6) is -2.78. The number of nitrogens with one attached hydrogen (secondary N) is 2. The second-order valence-corrected chi connectivity index (χ2v) is 6.27.